The summed E-state index contributed by atoms with van der Waals surface area (Å²) < 4.78 is 0. The van der Waals surface area contributed by atoms with Gasteiger partial charge in [-0.15, -0.1) is 0 Å². The largest absolute Gasteiger partial charge is 0.0950 e. The maximum Gasteiger partial charge on any atom is 0.0139 e. The van der Waals surface area contributed by atoms with Gasteiger partial charge in [-0.2, -0.15) is 0 Å². The van der Waals surface area contributed by atoms with Crippen LogP contribution >= 0.6 is 0 Å². The third kappa shape index (κ3) is 1.24. The van der Waals surface area contributed by atoms with Gasteiger partial charge in [-0.25, -0.2) is 0 Å². The molecule has 2 saturated carbocycles. The predicted molar refractivity (Wildman–Crippen MR) is 73.6 cm³/mol. The number of rotatable bonds is 1. The maximum atomic E-state index is 4.41. The molecule has 0 aliphatic heterocycles. The average Bonchev–Trinajstić information content (AvgIpc) is 2.87. The Morgan fingerprint density at radius 2 is 1.88 bits per heavy atom. The van der Waals surface area contributed by atoms with Gasteiger partial charge in [-0.05, 0) is 40.7 Å². The van der Waals surface area contributed by atoms with E-state index < -0.39 is 0 Å². The molecule has 0 saturated heterocycles. The average molecular weight is 226 g/mol. The lowest BCUT2D eigenvalue weighted by Crippen LogP contribution is -2.27. The second-order valence-corrected chi connectivity index (χ2v) is 6.59. The summed E-state index contributed by atoms with van der Waals surface area (Å²) in [6.45, 7) is 11.7. The predicted octanol–water partition coefficient (Wildman–Crippen LogP) is 4.67. The van der Waals surface area contributed by atoms with Crippen LogP contribution in [-0.2, 0) is 0 Å². The second kappa shape index (κ2) is 3.25. The summed E-state index contributed by atoms with van der Waals surface area (Å²) >= 11 is 0. The molecule has 0 aromatic heterocycles. The van der Waals surface area contributed by atoms with Crippen LogP contribution in [0.3, 0.4) is 0 Å². The first kappa shape index (κ1) is 11.1. The Balaban J connectivity index is 2.02. The summed E-state index contributed by atoms with van der Waals surface area (Å²) in [5, 5.41) is 0. The molecule has 0 radical (unpaired) electrons. The van der Waals surface area contributed by atoms with E-state index in [1.165, 1.54) is 18.4 Å². The Bertz CT molecular complexity index is 446. The van der Waals surface area contributed by atoms with E-state index >= 15 is 0 Å². The minimum absolute atomic E-state index is 0.329. The molecule has 0 heteroatoms. The lowest BCUT2D eigenvalue weighted by atomic mass is 9.69. The van der Waals surface area contributed by atoms with Crippen molar-refractivity contribution >= 4 is 0 Å². The van der Waals surface area contributed by atoms with Gasteiger partial charge in [0.1, 0.15) is 0 Å². The molecule has 3 aliphatic rings. The molecule has 2 unspecified atom stereocenters. The van der Waals surface area contributed by atoms with Gasteiger partial charge in [0.25, 0.3) is 0 Å². The van der Waals surface area contributed by atoms with Crippen molar-refractivity contribution in [1.29, 1.82) is 0 Å². The van der Waals surface area contributed by atoms with Crippen molar-refractivity contribution in [3.8, 4) is 0 Å². The summed E-state index contributed by atoms with van der Waals surface area (Å²) in [7, 11) is 0. The highest BCUT2D eigenvalue weighted by Crippen LogP contribution is 2.69. The molecule has 2 bridgehead atoms. The summed E-state index contributed by atoms with van der Waals surface area (Å²) in [5.41, 5.74) is 3.68. The van der Waals surface area contributed by atoms with Crippen LogP contribution in [-0.4, -0.2) is 0 Å². The van der Waals surface area contributed by atoms with Crippen LogP contribution in [0, 0.1) is 22.7 Å². The van der Waals surface area contributed by atoms with Gasteiger partial charge in [0.05, 0.1) is 0 Å². The van der Waals surface area contributed by atoms with E-state index in [9.17, 15) is 0 Å². The standard InChI is InChI=1S/C17H22/c1-12-14(11-13-7-5-6-8-13)15-9-10-17(12,4)16(15,2)3/h5-8,11,13,15H,1,9-10H2,2-4H3. The van der Waals surface area contributed by atoms with E-state index in [2.05, 4.69) is 57.7 Å². The van der Waals surface area contributed by atoms with Crippen LogP contribution in [0.2, 0.25) is 0 Å². The third-order valence-corrected chi connectivity index (χ3v) is 5.77. The summed E-state index contributed by atoms with van der Waals surface area (Å²) in [6, 6.07) is 0. The van der Waals surface area contributed by atoms with Gasteiger partial charge in [-0.1, -0.05) is 57.7 Å². The monoisotopic (exact) mass is 226 g/mol. The van der Waals surface area contributed by atoms with Crippen LogP contribution < -0.4 is 0 Å². The van der Waals surface area contributed by atoms with Crippen LogP contribution in [0.5, 0.6) is 0 Å². The Kier molecular flexibility index (Phi) is 2.12. The molecular formula is C17H22. The Morgan fingerprint density at radius 1 is 1.24 bits per heavy atom. The maximum absolute atomic E-state index is 4.41. The van der Waals surface area contributed by atoms with Gasteiger partial charge in [0.15, 0.2) is 0 Å². The van der Waals surface area contributed by atoms with Crippen molar-refractivity contribution in [2.45, 2.75) is 33.6 Å². The molecule has 17 heavy (non-hydrogen) atoms. The number of hydrogen-bond donors (Lipinski definition) is 0. The van der Waals surface area contributed by atoms with Gasteiger partial charge in [-0.3, -0.25) is 0 Å². The highest BCUT2D eigenvalue weighted by Gasteiger charge is 2.60. The highest BCUT2D eigenvalue weighted by molar-refractivity contribution is 5.49. The van der Waals surface area contributed by atoms with E-state index in [0.717, 1.165) is 5.92 Å². The highest BCUT2D eigenvalue weighted by atomic mass is 14.6. The normalized spacial score (nSPS) is 41.0. The second-order valence-electron chi connectivity index (χ2n) is 6.59. The van der Waals surface area contributed by atoms with E-state index in [1.54, 1.807) is 5.57 Å². The van der Waals surface area contributed by atoms with Gasteiger partial charge in [0, 0.05) is 5.92 Å². The lowest BCUT2D eigenvalue weighted by Gasteiger charge is -2.34. The molecule has 0 aromatic rings. The molecule has 0 aromatic carbocycles. The Hall–Kier alpha value is -1.04. The zero-order chi connectivity index (χ0) is 12.3. The van der Waals surface area contributed by atoms with Crippen molar-refractivity contribution in [2.24, 2.45) is 22.7 Å². The molecule has 0 amide bonds. The fourth-order valence-electron chi connectivity index (χ4n) is 4.10. The van der Waals surface area contributed by atoms with Crippen LogP contribution in [0.15, 0.2) is 48.1 Å². The summed E-state index contributed by atoms with van der Waals surface area (Å²) in [4.78, 5) is 0. The molecule has 2 atom stereocenters. The minimum atomic E-state index is 0.329. The van der Waals surface area contributed by atoms with Crippen molar-refractivity contribution in [3.05, 3.63) is 48.1 Å². The SMILES string of the molecule is C=C1C(=CC2C=CC=C2)C2CCC1(C)C2(C)C. The van der Waals surface area contributed by atoms with Crippen LogP contribution in [0.25, 0.3) is 0 Å². The smallest absolute Gasteiger partial charge is 0.0139 e. The Labute approximate surface area is 105 Å². The van der Waals surface area contributed by atoms with Crippen LogP contribution in [0.1, 0.15) is 33.6 Å². The molecule has 3 rings (SSSR count). The van der Waals surface area contributed by atoms with Crippen molar-refractivity contribution in [1.82, 2.24) is 0 Å². The van der Waals surface area contributed by atoms with Crippen molar-refractivity contribution in [2.75, 3.05) is 0 Å². The van der Waals surface area contributed by atoms with Crippen LogP contribution in [0.4, 0.5) is 0 Å². The topological polar surface area (TPSA) is 0 Å². The minimum Gasteiger partial charge on any atom is -0.0950 e. The fourth-order valence-corrected chi connectivity index (χ4v) is 4.10. The van der Waals surface area contributed by atoms with Gasteiger partial charge in [0.2, 0.25) is 0 Å². The quantitative estimate of drug-likeness (QED) is 0.609. The molecule has 3 aliphatic carbocycles. The molecular weight excluding hydrogens is 204 g/mol. The molecule has 0 nitrogen and oxygen atoms in total. The zero-order valence-electron chi connectivity index (χ0n) is 11.2. The summed E-state index contributed by atoms with van der Waals surface area (Å²) in [6.07, 6.45) is 13.9. The van der Waals surface area contributed by atoms with E-state index in [-0.39, 0.29) is 0 Å². The zero-order valence-corrected chi connectivity index (χ0v) is 11.2. The van der Waals surface area contributed by atoms with E-state index in [0.29, 0.717) is 16.7 Å². The Morgan fingerprint density at radius 3 is 2.41 bits per heavy atom. The molecule has 0 spiro atoms. The van der Waals surface area contributed by atoms with E-state index in [1.807, 2.05) is 0 Å². The van der Waals surface area contributed by atoms with Crippen molar-refractivity contribution < 1.29 is 0 Å². The summed E-state index contributed by atoms with van der Waals surface area (Å²) in [5.74, 6) is 1.22. The third-order valence-electron chi connectivity index (χ3n) is 5.77. The lowest BCUT2D eigenvalue weighted by molar-refractivity contribution is 0.183. The van der Waals surface area contributed by atoms with E-state index in [4.69, 9.17) is 0 Å². The first-order valence-corrected chi connectivity index (χ1v) is 6.73. The number of allylic oxidation sites excluding steroid dienone is 7. The molecule has 90 valence electrons. The molecule has 0 N–H and O–H groups in total. The number of hydrogen-bond acceptors (Lipinski definition) is 0. The van der Waals surface area contributed by atoms with Gasteiger partial charge < -0.3 is 0 Å². The first-order chi connectivity index (χ1) is 7.97. The number of fused-ring (bicyclic) bond motifs is 2. The first-order valence-electron chi connectivity index (χ1n) is 6.73. The molecule has 0 heterocycles. The fraction of sp³-hybridized carbons (Fsp3) is 0.529. The molecule has 2 fully saturated rings. The van der Waals surface area contributed by atoms with Crippen molar-refractivity contribution in [3.63, 3.8) is 0 Å². The van der Waals surface area contributed by atoms with Gasteiger partial charge >= 0.3 is 0 Å².